The highest BCUT2D eigenvalue weighted by Gasteiger charge is 2.20. The molecular formula is C26H25N5O. The van der Waals surface area contributed by atoms with E-state index < -0.39 is 0 Å². The van der Waals surface area contributed by atoms with E-state index in [9.17, 15) is 0 Å². The molecule has 32 heavy (non-hydrogen) atoms. The fraction of sp³-hybridized carbons (Fsp3) is 0.269. The lowest BCUT2D eigenvalue weighted by atomic mass is 10.0. The van der Waals surface area contributed by atoms with Crippen molar-refractivity contribution in [3.05, 3.63) is 77.9 Å². The van der Waals surface area contributed by atoms with E-state index in [0.717, 1.165) is 42.0 Å². The fourth-order valence-corrected chi connectivity index (χ4v) is 4.20. The average molecular weight is 424 g/mol. The van der Waals surface area contributed by atoms with Crippen molar-refractivity contribution in [1.29, 1.82) is 0 Å². The molecule has 1 N–H and O–H groups in total. The Hall–Kier alpha value is -3.69. The highest BCUT2D eigenvalue weighted by atomic mass is 16.5. The first-order valence-electron chi connectivity index (χ1n) is 11.0. The predicted molar refractivity (Wildman–Crippen MR) is 126 cm³/mol. The molecule has 6 nitrogen and oxygen atoms in total. The van der Waals surface area contributed by atoms with Gasteiger partial charge in [-0.15, -0.1) is 0 Å². The molecule has 6 heteroatoms. The van der Waals surface area contributed by atoms with Gasteiger partial charge in [0, 0.05) is 30.4 Å². The molecule has 1 aliphatic heterocycles. The molecule has 1 atom stereocenters. The third kappa shape index (κ3) is 3.95. The number of imidazole rings is 1. The number of hydrogen-bond donors (Lipinski definition) is 1. The van der Waals surface area contributed by atoms with Gasteiger partial charge in [0.05, 0.1) is 24.6 Å². The maximum Gasteiger partial charge on any atom is 0.259 e. The number of hydrogen-bond acceptors (Lipinski definition) is 4. The summed E-state index contributed by atoms with van der Waals surface area (Å²) in [7, 11) is 0. The second-order valence-corrected chi connectivity index (χ2v) is 8.28. The zero-order valence-electron chi connectivity index (χ0n) is 18.1. The van der Waals surface area contributed by atoms with E-state index >= 15 is 0 Å². The minimum Gasteiger partial charge on any atom is -0.475 e. The second-order valence-electron chi connectivity index (χ2n) is 8.28. The summed E-state index contributed by atoms with van der Waals surface area (Å²) < 4.78 is 8.31. The van der Waals surface area contributed by atoms with Crippen molar-refractivity contribution in [2.45, 2.75) is 19.8 Å². The Morgan fingerprint density at radius 1 is 1.12 bits per heavy atom. The number of piperidine rings is 1. The van der Waals surface area contributed by atoms with E-state index in [1.165, 1.54) is 12.0 Å². The van der Waals surface area contributed by atoms with Gasteiger partial charge in [-0.2, -0.15) is 0 Å². The van der Waals surface area contributed by atoms with Gasteiger partial charge in [0.1, 0.15) is 0 Å². The average Bonchev–Trinajstić information content (AvgIpc) is 3.34. The maximum atomic E-state index is 7.26. The molecule has 1 saturated heterocycles. The highest BCUT2D eigenvalue weighted by Crippen LogP contribution is 2.35. The topological polar surface area (TPSA) is 55.8 Å². The van der Waals surface area contributed by atoms with Crippen molar-refractivity contribution in [3.63, 3.8) is 0 Å². The van der Waals surface area contributed by atoms with Crippen LogP contribution in [-0.4, -0.2) is 34.1 Å². The minimum atomic E-state index is 0.471. The van der Waals surface area contributed by atoms with Crippen molar-refractivity contribution < 1.29 is 4.74 Å². The Morgan fingerprint density at radius 2 is 1.91 bits per heavy atom. The second kappa shape index (κ2) is 8.81. The standard InChI is InChI=1S/C26H25N5O/c1-18-5-7-21(8-6-18)24-23(20-9-11-22(27-2)12-10-20)30-26(25-29-14-15-31(24)25)32-17-19-4-3-13-28-16-19/h5-12,14-15,19,28H,3-4,13,16-17H2,1H3/t19-/m1/s1. The molecule has 3 heterocycles. The highest BCUT2D eigenvalue weighted by molar-refractivity contribution is 5.82. The molecule has 0 bridgehead atoms. The van der Waals surface area contributed by atoms with Crippen LogP contribution in [0.1, 0.15) is 18.4 Å². The molecular weight excluding hydrogens is 398 g/mol. The predicted octanol–water partition coefficient (Wildman–Crippen LogP) is 5.30. The summed E-state index contributed by atoms with van der Waals surface area (Å²) in [5.41, 5.74) is 6.28. The van der Waals surface area contributed by atoms with Gasteiger partial charge in [0.15, 0.2) is 5.69 Å². The normalized spacial score (nSPS) is 16.1. The lowest BCUT2D eigenvalue weighted by Crippen LogP contribution is -2.33. The Kier molecular flexibility index (Phi) is 5.57. The molecule has 1 fully saturated rings. The minimum absolute atomic E-state index is 0.471. The van der Waals surface area contributed by atoms with Crippen LogP contribution in [-0.2, 0) is 0 Å². The molecule has 4 aromatic rings. The molecule has 0 radical (unpaired) electrons. The number of aromatic nitrogens is 3. The fourth-order valence-electron chi connectivity index (χ4n) is 4.20. The summed E-state index contributed by atoms with van der Waals surface area (Å²) in [6.07, 6.45) is 6.07. The van der Waals surface area contributed by atoms with Crippen LogP contribution in [0, 0.1) is 19.4 Å². The lowest BCUT2D eigenvalue weighted by Gasteiger charge is -2.23. The van der Waals surface area contributed by atoms with Gasteiger partial charge in [0.25, 0.3) is 5.88 Å². The first-order valence-corrected chi connectivity index (χ1v) is 11.0. The Balaban J connectivity index is 1.64. The van der Waals surface area contributed by atoms with Crippen LogP contribution in [0.4, 0.5) is 5.69 Å². The van der Waals surface area contributed by atoms with Crippen molar-refractivity contribution in [3.8, 4) is 28.4 Å². The van der Waals surface area contributed by atoms with Gasteiger partial charge < -0.3 is 10.1 Å². The summed E-state index contributed by atoms with van der Waals surface area (Å²) in [5.74, 6) is 1.01. The number of ether oxygens (including phenoxy) is 1. The molecule has 0 aliphatic carbocycles. The van der Waals surface area contributed by atoms with Gasteiger partial charge in [0.2, 0.25) is 5.65 Å². The van der Waals surface area contributed by atoms with Gasteiger partial charge in [-0.3, -0.25) is 4.40 Å². The molecule has 160 valence electrons. The molecule has 0 saturated carbocycles. The summed E-state index contributed by atoms with van der Waals surface area (Å²) in [5, 5.41) is 3.44. The van der Waals surface area contributed by atoms with Crippen molar-refractivity contribution in [2.75, 3.05) is 19.7 Å². The van der Waals surface area contributed by atoms with Crippen LogP contribution in [0.15, 0.2) is 60.9 Å². The van der Waals surface area contributed by atoms with E-state index in [2.05, 4.69) is 50.7 Å². The molecule has 5 rings (SSSR count). The first-order chi connectivity index (χ1) is 15.7. The summed E-state index contributed by atoms with van der Waals surface area (Å²) in [6, 6.07) is 16.0. The van der Waals surface area contributed by atoms with E-state index in [1.54, 1.807) is 6.20 Å². The zero-order chi connectivity index (χ0) is 21.9. The summed E-state index contributed by atoms with van der Waals surface area (Å²) in [4.78, 5) is 13.1. The van der Waals surface area contributed by atoms with E-state index in [-0.39, 0.29) is 0 Å². The third-order valence-electron chi connectivity index (χ3n) is 5.96. The van der Waals surface area contributed by atoms with E-state index in [0.29, 0.717) is 29.7 Å². The van der Waals surface area contributed by atoms with Crippen molar-refractivity contribution in [2.24, 2.45) is 5.92 Å². The summed E-state index contributed by atoms with van der Waals surface area (Å²) >= 11 is 0. The third-order valence-corrected chi connectivity index (χ3v) is 5.96. The van der Waals surface area contributed by atoms with Crippen LogP contribution in [0.3, 0.4) is 0 Å². The van der Waals surface area contributed by atoms with Crippen LogP contribution in [0.25, 0.3) is 33.0 Å². The lowest BCUT2D eigenvalue weighted by molar-refractivity contribution is 0.213. The number of nitrogens with one attached hydrogen (secondary N) is 1. The molecule has 2 aromatic carbocycles. The number of fused-ring (bicyclic) bond motifs is 1. The van der Waals surface area contributed by atoms with Crippen LogP contribution < -0.4 is 10.1 Å². The quantitative estimate of drug-likeness (QED) is 0.443. The van der Waals surface area contributed by atoms with Gasteiger partial charge >= 0.3 is 0 Å². The number of rotatable bonds is 5. The van der Waals surface area contributed by atoms with Crippen molar-refractivity contribution >= 4 is 11.3 Å². The molecule has 0 spiro atoms. The number of nitrogens with zero attached hydrogens (tertiary/aromatic N) is 4. The van der Waals surface area contributed by atoms with Gasteiger partial charge in [-0.1, -0.05) is 54.1 Å². The van der Waals surface area contributed by atoms with Crippen molar-refractivity contribution in [1.82, 2.24) is 19.7 Å². The molecule has 1 aliphatic rings. The SMILES string of the molecule is [C-]#[N+]c1ccc(-c2nc(OC[C@@H]3CCCNC3)c3nccn3c2-c2ccc(C)cc2)cc1. The van der Waals surface area contributed by atoms with Crippen LogP contribution >= 0.6 is 0 Å². The van der Waals surface area contributed by atoms with Gasteiger partial charge in [-0.25, -0.2) is 14.8 Å². The number of benzene rings is 2. The smallest absolute Gasteiger partial charge is 0.259 e. The first kappa shape index (κ1) is 20.2. The largest absolute Gasteiger partial charge is 0.475 e. The number of aryl methyl sites for hydroxylation is 1. The maximum absolute atomic E-state index is 7.26. The molecule has 0 amide bonds. The van der Waals surface area contributed by atoms with E-state index in [1.807, 2.05) is 30.5 Å². The molecule has 2 aromatic heterocycles. The van der Waals surface area contributed by atoms with Gasteiger partial charge in [-0.05, 0) is 31.9 Å². The Morgan fingerprint density at radius 3 is 2.62 bits per heavy atom. The van der Waals surface area contributed by atoms with Crippen LogP contribution in [0.2, 0.25) is 0 Å². The Bertz CT molecular complexity index is 1260. The monoisotopic (exact) mass is 423 g/mol. The zero-order valence-corrected chi connectivity index (χ0v) is 18.1. The Labute approximate surface area is 187 Å². The van der Waals surface area contributed by atoms with Crippen LogP contribution in [0.5, 0.6) is 5.88 Å². The molecule has 0 unspecified atom stereocenters. The summed E-state index contributed by atoms with van der Waals surface area (Å²) in [6.45, 7) is 12.0. The van der Waals surface area contributed by atoms with E-state index in [4.69, 9.17) is 16.3 Å².